The number of nitrogens with one attached hydrogen (secondary N) is 1. The van der Waals surface area contributed by atoms with E-state index in [1.807, 2.05) is 44.4 Å². The van der Waals surface area contributed by atoms with E-state index in [1.54, 1.807) is 34.7 Å². The normalized spacial score (nSPS) is 11.0. The van der Waals surface area contributed by atoms with Crippen molar-refractivity contribution in [1.82, 2.24) is 14.5 Å². The van der Waals surface area contributed by atoms with Crippen molar-refractivity contribution in [3.8, 4) is 5.69 Å². The molecule has 0 amide bonds. The number of nitrogens with zero attached hydrogens (tertiary/aromatic N) is 3. The summed E-state index contributed by atoms with van der Waals surface area (Å²) in [6.07, 6.45) is 5.26. The molecule has 0 saturated carbocycles. The first-order valence-electron chi connectivity index (χ1n) is 7.99. The van der Waals surface area contributed by atoms with Crippen molar-refractivity contribution >= 4 is 34.7 Å². The van der Waals surface area contributed by atoms with Gasteiger partial charge in [0.05, 0.1) is 28.5 Å². The molecule has 128 valence electrons. The smallest absolute Gasteiger partial charge is 0.267 e. The maximum absolute atomic E-state index is 13.2. The molecule has 0 aliphatic heterocycles. The average Bonchev–Trinajstić information content (AvgIpc) is 2.61. The lowest BCUT2D eigenvalue weighted by atomic mass is 10.2. The molecule has 0 atom stereocenters. The van der Waals surface area contributed by atoms with Gasteiger partial charge in [0.25, 0.3) is 5.56 Å². The van der Waals surface area contributed by atoms with Gasteiger partial charge in [-0.15, -0.1) is 11.8 Å². The number of benzene rings is 1. The molecule has 0 aliphatic carbocycles. The van der Waals surface area contributed by atoms with Crippen molar-refractivity contribution in [1.29, 1.82) is 0 Å². The Morgan fingerprint density at radius 3 is 2.60 bits per heavy atom. The quantitative estimate of drug-likeness (QED) is 0.704. The molecule has 0 radical (unpaired) electrons. The largest absolute Gasteiger partial charge is 0.353 e. The van der Waals surface area contributed by atoms with E-state index in [0.717, 1.165) is 10.6 Å². The second kappa shape index (κ2) is 7.11. The summed E-state index contributed by atoms with van der Waals surface area (Å²) in [5.74, 6) is 0.512. The van der Waals surface area contributed by atoms with Gasteiger partial charge in [-0.05, 0) is 56.5 Å². The second-order valence-corrected chi connectivity index (χ2v) is 6.78. The topological polar surface area (TPSA) is 59.8 Å². The number of aromatic nitrogens is 3. The third-order valence-electron chi connectivity index (χ3n) is 3.73. The van der Waals surface area contributed by atoms with Gasteiger partial charge in [-0.2, -0.15) is 0 Å². The van der Waals surface area contributed by atoms with Gasteiger partial charge in [0.15, 0.2) is 0 Å². The molecule has 1 aromatic carbocycles. The molecule has 5 nitrogen and oxygen atoms in total. The molecule has 0 fully saturated rings. The molecule has 3 rings (SSSR count). The minimum absolute atomic E-state index is 0.129. The van der Waals surface area contributed by atoms with Gasteiger partial charge in [-0.25, -0.2) is 9.55 Å². The second-order valence-electron chi connectivity index (χ2n) is 5.90. The Morgan fingerprint density at radius 1 is 1.28 bits per heavy atom. The Labute approximate surface area is 150 Å². The van der Waals surface area contributed by atoms with E-state index in [9.17, 15) is 4.79 Å². The number of rotatable bonds is 5. The van der Waals surface area contributed by atoms with E-state index in [-0.39, 0.29) is 11.6 Å². The van der Waals surface area contributed by atoms with Crippen molar-refractivity contribution in [2.75, 3.05) is 11.6 Å². The minimum atomic E-state index is -0.129. The first-order valence-corrected chi connectivity index (χ1v) is 9.22. The minimum Gasteiger partial charge on any atom is -0.353 e. The number of pyridine rings is 1. The van der Waals surface area contributed by atoms with Crippen molar-refractivity contribution in [2.45, 2.75) is 24.8 Å². The van der Waals surface area contributed by atoms with E-state index in [0.29, 0.717) is 22.5 Å². The molecule has 2 aromatic heterocycles. The van der Waals surface area contributed by atoms with Gasteiger partial charge in [0.1, 0.15) is 0 Å². The van der Waals surface area contributed by atoms with Crippen LogP contribution in [0.25, 0.3) is 22.7 Å². The fraction of sp³-hybridized carbons (Fsp3) is 0.211. The average molecular weight is 352 g/mol. The number of thioether (sulfide) groups is 1. The van der Waals surface area contributed by atoms with Crippen LogP contribution in [0.3, 0.4) is 0 Å². The van der Waals surface area contributed by atoms with Gasteiger partial charge < -0.3 is 5.32 Å². The molecule has 1 N–H and O–H groups in total. The standard InChI is InChI=1S/C19H20N4OS/c1-5-13-10-16-17(11-20-13)22-19(21-12(2)3)23(18(16)24)14-6-8-15(25-4)9-7-14/h5-12H,1H2,2-4H3,(H,21,22). The Bertz CT molecular complexity index is 977. The van der Waals surface area contributed by atoms with Crippen molar-refractivity contribution < 1.29 is 0 Å². The van der Waals surface area contributed by atoms with Crippen LogP contribution in [0.1, 0.15) is 19.5 Å². The maximum atomic E-state index is 13.2. The predicted molar refractivity (Wildman–Crippen MR) is 106 cm³/mol. The lowest BCUT2D eigenvalue weighted by Crippen LogP contribution is -2.26. The number of anilines is 1. The lowest BCUT2D eigenvalue weighted by Gasteiger charge is -2.17. The molecule has 0 unspecified atom stereocenters. The van der Waals surface area contributed by atoms with Crippen molar-refractivity contribution in [3.63, 3.8) is 0 Å². The highest BCUT2D eigenvalue weighted by Crippen LogP contribution is 2.20. The fourth-order valence-corrected chi connectivity index (χ4v) is 2.95. The third kappa shape index (κ3) is 3.44. The zero-order valence-corrected chi connectivity index (χ0v) is 15.3. The number of fused-ring (bicyclic) bond motifs is 1. The summed E-state index contributed by atoms with van der Waals surface area (Å²) in [7, 11) is 0. The molecule has 6 heteroatoms. The van der Waals surface area contributed by atoms with Crippen molar-refractivity contribution in [3.05, 3.63) is 59.2 Å². The first-order chi connectivity index (χ1) is 12.0. The summed E-state index contributed by atoms with van der Waals surface area (Å²) in [5.41, 5.74) is 1.86. The van der Waals surface area contributed by atoms with Crippen molar-refractivity contribution in [2.24, 2.45) is 0 Å². The van der Waals surface area contributed by atoms with E-state index in [2.05, 4.69) is 21.9 Å². The third-order valence-corrected chi connectivity index (χ3v) is 4.48. The molecule has 0 bridgehead atoms. The molecule has 0 aliphatic rings. The molecule has 2 heterocycles. The lowest BCUT2D eigenvalue weighted by molar-refractivity contribution is 0.844. The fourth-order valence-electron chi connectivity index (χ4n) is 2.54. The SMILES string of the molecule is C=Cc1cc2c(=O)n(-c3ccc(SC)cc3)c(NC(C)C)nc2cn1. The van der Waals surface area contributed by atoms with Gasteiger partial charge in [-0.1, -0.05) is 6.58 Å². The van der Waals surface area contributed by atoms with Crippen LogP contribution in [0, 0.1) is 0 Å². The van der Waals surface area contributed by atoms with Crippen LogP contribution in [0.4, 0.5) is 5.95 Å². The summed E-state index contributed by atoms with van der Waals surface area (Å²) in [6.45, 7) is 7.74. The zero-order valence-electron chi connectivity index (χ0n) is 14.5. The molecule has 3 aromatic rings. The van der Waals surface area contributed by atoms with Crippen LogP contribution < -0.4 is 10.9 Å². The van der Waals surface area contributed by atoms with Crippen LogP contribution in [0.5, 0.6) is 0 Å². The van der Waals surface area contributed by atoms with E-state index < -0.39 is 0 Å². The molecular weight excluding hydrogens is 332 g/mol. The summed E-state index contributed by atoms with van der Waals surface area (Å²) >= 11 is 1.66. The van der Waals surface area contributed by atoms with E-state index in [1.165, 1.54) is 0 Å². The van der Waals surface area contributed by atoms with E-state index >= 15 is 0 Å². The van der Waals surface area contributed by atoms with Crippen LogP contribution in [-0.2, 0) is 0 Å². The summed E-state index contributed by atoms with van der Waals surface area (Å²) in [6, 6.07) is 9.73. The first kappa shape index (κ1) is 17.2. The Balaban J connectivity index is 2.30. The van der Waals surface area contributed by atoms with Crippen LogP contribution in [-0.4, -0.2) is 26.8 Å². The molecule has 0 saturated heterocycles. The maximum Gasteiger partial charge on any atom is 0.267 e. The summed E-state index contributed by atoms with van der Waals surface area (Å²) in [4.78, 5) is 23.2. The predicted octanol–water partition coefficient (Wildman–Crippen LogP) is 3.97. The summed E-state index contributed by atoms with van der Waals surface area (Å²) < 4.78 is 1.61. The van der Waals surface area contributed by atoms with Crippen LogP contribution in [0.2, 0.25) is 0 Å². The number of hydrogen-bond donors (Lipinski definition) is 1. The number of hydrogen-bond acceptors (Lipinski definition) is 5. The zero-order chi connectivity index (χ0) is 18.0. The monoisotopic (exact) mass is 352 g/mol. The molecule has 0 spiro atoms. The highest BCUT2D eigenvalue weighted by molar-refractivity contribution is 7.98. The van der Waals surface area contributed by atoms with Gasteiger partial charge in [0, 0.05) is 10.9 Å². The Morgan fingerprint density at radius 2 is 2.00 bits per heavy atom. The highest BCUT2D eigenvalue weighted by Gasteiger charge is 2.14. The Kier molecular flexibility index (Phi) is 4.90. The van der Waals surface area contributed by atoms with Gasteiger partial charge in [0.2, 0.25) is 5.95 Å². The highest BCUT2D eigenvalue weighted by atomic mass is 32.2. The van der Waals surface area contributed by atoms with Crippen LogP contribution >= 0.6 is 11.8 Å². The van der Waals surface area contributed by atoms with E-state index in [4.69, 9.17) is 0 Å². The van der Waals surface area contributed by atoms with Gasteiger partial charge >= 0.3 is 0 Å². The van der Waals surface area contributed by atoms with Crippen LogP contribution in [0.15, 0.2) is 52.8 Å². The van der Waals surface area contributed by atoms with Gasteiger partial charge in [-0.3, -0.25) is 9.78 Å². The molecular formula is C19H20N4OS. The Hall–Kier alpha value is -2.60. The molecule has 25 heavy (non-hydrogen) atoms. The summed E-state index contributed by atoms with van der Waals surface area (Å²) in [5, 5.41) is 3.78.